The maximum Gasteiger partial charge on any atom is 0.337 e. The Balaban J connectivity index is 2.24. The molecule has 0 aromatic heterocycles. The predicted octanol–water partition coefficient (Wildman–Crippen LogP) is 3.53. The van der Waals surface area contributed by atoms with Crippen LogP contribution < -0.4 is 9.64 Å². The van der Waals surface area contributed by atoms with Crippen LogP contribution in [0.5, 0.6) is 11.5 Å². The van der Waals surface area contributed by atoms with Crippen molar-refractivity contribution >= 4 is 28.0 Å². The molecule has 2 aromatic rings. The molecule has 0 saturated carbocycles. The van der Waals surface area contributed by atoms with Crippen LogP contribution in [-0.2, 0) is 14.8 Å². The Kier molecular flexibility index (Phi) is 7.17. The highest BCUT2D eigenvalue weighted by Gasteiger charge is 2.28. The lowest BCUT2D eigenvalue weighted by Gasteiger charge is -2.31. The first-order chi connectivity index (χ1) is 14.8. The van der Waals surface area contributed by atoms with E-state index in [0.717, 1.165) is 32.4 Å². The lowest BCUT2D eigenvalue weighted by atomic mass is 10.1. The van der Waals surface area contributed by atoms with Crippen LogP contribution in [0.2, 0.25) is 0 Å². The molecule has 1 aliphatic heterocycles. The topological polar surface area (TPSA) is 88.5 Å². The van der Waals surface area contributed by atoms with E-state index in [2.05, 4.69) is 4.40 Å². The number of benzene rings is 2. The van der Waals surface area contributed by atoms with Crippen LogP contribution in [0.15, 0.2) is 51.8 Å². The molecule has 3 rings (SSSR count). The summed E-state index contributed by atoms with van der Waals surface area (Å²) >= 11 is 0. The Hall–Kier alpha value is -3.07. The summed E-state index contributed by atoms with van der Waals surface area (Å²) in [7, 11) is 0.439. The third-order valence-corrected chi connectivity index (χ3v) is 6.04. The SMILES string of the molecule is COC(=O)c1cc(N2CCCCC2)c(Oc2ccccc2)c(S(=O)(=O)/N=C/N(C)C)c1. The van der Waals surface area contributed by atoms with Crippen molar-refractivity contribution in [2.75, 3.05) is 39.2 Å². The molecule has 31 heavy (non-hydrogen) atoms. The van der Waals surface area contributed by atoms with Crippen LogP contribution in [0, 0.1) is 0 Å². The highest BCUT2D eigenvalue weighted by atomic mass is 32.2. The molecule has 1 fully saturated rings. The van der Waals surface area contributed by atoms with Gasteiger partial charge in [-0.2, -0.15) is 8.42 Å². The van der Waals surface area contributed by atoms with Gasteiger partial charge >= 0.3 is 5.97 Å². The van der Waals surface area contributed by atoms with Gasteiger partial charge in [0, 0.05) is 27.2 Å². The number of hydrogen-bond acceptors (Lipinski definition) is 6. The lowest BCUT2D eigenvalue weighted by molar-refractivity contribution is 0.0600. The highest BCUT2D eigenvalue weighted by Crippen LogP contribution is 2.41. The summed E-state index contributed by atoms with van der Waals surface area (Å²) in [5.74, 6) is 0.00818. The van der Waals surface area contributed by atoms with Gasteiger partial charge in [0.1, 0.15) is 17.0 Å². The van der Waals surface area contributed by atoms with Crippen molar-refractivity contribution in [2.24, 2.45) is 4.40 Å². The van der Waals surface area contributed by atoms with Gasteiger partial charge in [-0.3, -0.25) is 0 Å². The van der Waals surface area contributed by atoms with E-state index in [4.69, 9.17) is 9.47 Å². The van der Waals surface area contributed by atoms with Crippen LogP contribution in [0.25, 0.3) is 0 Å². The highest BCUT2D eigenvalue weighted by molar-refractivity contribution is 7.90. The van der Waals surface area contributed by atoms with Crippen LogP contribution in [0.4, 0.5) is 5.69 Å². The molecule has 0 bridgehead atoms. The molecule has 8 nitrogen and oxygen atoms in total. The fourth-order valence-corrected chi connectivity index (χ4v) is 4.39. The Morgan fingerprint density at radius 1 is 1.10 bits per heavy atom. The van der Waals surface area contributed by atoms with Crippen LogP contribution in [0.1, 0.15) is 29.6 Å². The fraction of sp³-hybridized carbons (Fsp3) is 0.364. The molecule has 1 aliphatic rings. The first kappa shape index (κ1) is 22.6. The minimum Gasteiger partial charge on any atom is -0.465 e. The molecule has 0 atom stereocenters. The number of anilines is 1. The van der Waals surface area contributed by atoms with Gasteiger partial charge in [-0.1, -0.05) is 18.2 Å². The number of sulfonamides is 1. The number of carbonyl (C=O) groups excluding carboxylic acids is 1. The molecule has 1 heterocycles. The molecular weight excluding hydrogens is 418 g/mol. The maximum absolute atomic E-state index is 13.2. The Morgan fingerprint density at radius 2 is 1.77 bits per heavy atom. The summed E-state index contributed by atoms with van der Waals surface area (Å²) in [4.78, 5) is 15.7. The molecule has 0 aliphatic carbocycles. The summed E-state index contributed by atoms with van der Waals surface area (Å²) in [6, 6.07) is 11.8. The lowest BCUT2D eigenvalue weighted by Crippen LogP contribution is -2.30. The smallest absolute Gasteiger partial charge is 0.337 e. The van der Waals surface area contributed by atoms with Gasteiger partial charge in [-0.05, 0) is 43.5 Å². The molecule has 166 valence electrons. The molecule has 0 spiro atoms. The molecule has 0 N–H and O–H groups in total. The predicted molar refractivity (Wildman–Crippen MR) is 120 cm³/mol. The van der Waals surface area contributed by atoms with Gasteiger partial charge in [0.05, 0.1) is 18.4 Å². The number of ether oxygens (including phenoxy) is 2. The number of para-hydroxylation sites is 1. The van der Waals surface area contributed by atoms with Gasteiger partial charge in [0.15, 0.2) is 5.75 Å². The summed E-state index contributed by atoms with van der Waals surface area (Å²) in [6.45, 7) is 1.46. The zero-order chi connectivity index (χ0) is 22.4. The second kappa shape index (κ2) is 9.82. The van der Waals surface area contributed by atoms with Crippen molar-refractivity contribution in [1.29, 1.82) is 0 Å². The number of carbonyl (C=O) groups is 1. The maximum atomic E-state index is 13.2. The number of esters is 1. The van der Waals surface area contributed by atoms with E-state index >= 15 is 0 Å². The molecule has 2 aromatic carbocycles. The number of rotatable bonds is 7. The monoisotopic (exact) mass is 445 g/mol. The molecule has 9 heteroatoms. The van der Waals surface area contributed by atoms with Gasteiger partial charge in [0.2, 0.25) is 0 Å². The first-order valence-corrected chi connectivity index (χ1v) is 11.5. The summed E-state index contributed by atoms with van der Waals surface area (Å²) in [5.41, 5.74) is 0.659. The van der Waals surface area contributed by atoms with Crippen molar-refractivity contribution in [2.45, 2.75) is 24.2 Å². The largest absolute Gasteiger partial charge is 0.465 e. The summed E-state index contributed by atoms with van der Waals surface area (Å²) < 4.78 is 41.1. The van der Waals surface area contributed by atoms with E-state index in [1.165, 1.54) is 24.4 Å². The van der Waals surface area contributed by atoms with E-state index < -0.39 is 16.0 Å². The molecule has 0 unspecified atom stereocenters. The molecule has 0 amide bonds. The average Bonchev–Trinajstić information content (AvgIpc) is 2.78. The normalized spacial score (nSPS) is 14.5. The second-order valence-electron chi connectivity index (χ2n) is 7.44. The van der Waals surface area contributed by atoms with E-state index in [-0.39, 0.29) is 16.2 Å². The number of piperidine rings is 1. The molecule has 1 saturated heterocycles. The van der Waals surface area contributed by atoms with E-state index in [9.17, 15) is 13.2 Å². The number of methoxy groups -OCH3 is 1. The summed E-state index contributed by atoms with van der Waals surface area (Å²) in [6.07, 6.45) is 4.23. The van der Waals surface area contributed by atoms with Crippen molar-refractivity contribution in [3.05, 3.63) is 48.0 Å². The van der Waals surface area contributed by atoms with Crippen LogP contribution >= 0.6 is 0 Å². The van der Waals surface area contributed by atoms with Gasteiger partial charge in [-0.25, -0.2) is 4.79 Å². The van der Waals surface area contributed by atoms with E-state index in [1.54, 1.807) is 44.4 Å². The van der Waals surface area contributed by atoms with Gasteiger partial charge < -0.3 is 19.3 Å². The second-order valence-corrected chi connectivity index (χ2v) is 9.04. The minimum atomic E-state index is -4.16. The number of hydrogen-bond donors (Lipinski definition) is 0. The third-order valence-electron chi connectivity index (χ3n) is 4.81. The Bertz CT molecular complexity index is 1050. The van der Waals surface area contributed by atoms with Crippen molar-refractivity contribution in [3.8, 4) is 11.5 Å². The quantitative estimate of drug-likeness (QED) is 0.366. The Morgan fingerprint density at radius 3 is 2.39 bits per heavy atom. The third kappa shape index (κ3) is 5.55. The van der Waals surface area contributed by atoms with Crippen molar-refractivity contribution < 1.29 is 22.7 Å². The van der Waals surface area contributed by atoms with Crippen molar-refractivity contribution in [1.82, 2.24) is 4.90 Å². The molecular formula is C22H27N3O5S. The van der Waals surface area contributed by atoms with Gasteiger partial charge in [-0.15, -0.1) is 4.40 Å². The van der Waals surface area contributed by atoms with Crippen molar-refractivity contribution in [3.63, 3.8) is 0 Å². The van der Waals surface area contributed by atoms with E-state index in [1.807, 2.05) is 11.0 Å². The van der Waals surface area contributed by atoms with Crippen LogP contribution in [0.3, 0.4) is 0 Å². The average molecular weight is 446 g/mol. The fourth-order valence-electron chi connectivity index (χ4n) is 3.31. The zero-order valence-corrected chi connectivity index (χ0v) is 18.8. The van der Waals surface area contributed by atoms with E-state index in [0.29, 0.717) is 11.4 Å². The number of nitrogens with zero attached hydrogens (tertiary/aromatic N) is 3. The zero-order valence-electron chi connectivity index (χ0n) is 17.9. The first-order valence-electron chi connectivity index (χ1n) is 10.0. The van der Waals surface area contributed by atoms with Gasteiger partial charge in [0.25, 0.3) is 10.0 Å². The molecule has 0 radical (unpaired) electrons. The standard InChI is InChI=1S/C22H27N3O5S/c1-24(2)16-23-31(27,28)20-15-17(22(26)29-3)14-19(25-12-8-5-9-13-25)21(20)30-18-10-6-4-7-11-18/h4,6-7,10-11,14-16H,5,8-9,12-13H2,1-3H3/b23-16+. The Labute approximate surface area is 183 Å². The minimum absolute atomic E-state index is 0.127. The van der Waals surface area contributed by atoms with Crippen LogP contribution in [-0.4, -0.2) is 59.9 Å². The summed E-state index contributed by atoms with van der Waals surface area (Å²) in [5, 5.41) is 0.